The first-order valence-corrected chi connectivity index (χ1v) is 9.12. The number of furan rings is 1. The monoisotopic (exact) mass is 312 g/mol. The molecule has 1 saturated heterocycles. The zero-order valence-electron chi connectivity index (χ0n) is 11.2. The summed E-state index contributed by atoms with van der Waals surface area (Å²) in [6, 6.07) is 3.83. The molecule has 108 valence electrons. The highest BCUT2D eigenvalue weighted by atomic mass is 32.2. The van der Waals surface area contributed by atoms with Gasteiger partial charge in [-0.05, 0) is 25.6 Å². The molecule has 1 aliphatic rings. The molecule has 0 amide bonds. The van der Waals surface area contributed by atoms with E-state index in [1.807, 2.05) is 24.6 Å². The van der Waals surface area contributed by atoms with Crippen LogP contribution in [0.1, 0.15) is 12.1 Å². The lowest BCUT2D eigenvalue weighted by Crippen LogP contribution is -2.32. The van der Waals surface area contributed by atoms with Crippen LogP contribution in [0.4, 0.5) is 0 Å². The molecular weight excluding hydrogens is 296 g/mol. The summed E-state index contributed by atoms with van der Waals surface area (Å²) in [6.45, 7) is 0.664. The maximum Gasteiger partial charge on any atom is 0.162 e. The number of nitrogens with zero attached hydrogens (tertiary/aromatic N) is 2. The van der Waals surface area contributed by atoms with E-state index in [-0.39, 0.29) is 11.8 Å². The van der Waals surface area contributed by atoms with E-state index in [1.165, 1.54) is 0 Å². The zero-order valence-corrected chi connectivity index (χ0v) is 12.8. The van der Waals surface area contributed by atoms with Crippen LogP contribution < -0.4 is 0 Å². The quantitative estimate of drug-likeness (QED) is 0.864. The van der Waals surface area contributed by atoms with Gasteiger partial charge >= 0.3 is 0 Å². The van der Waals surface area contributed by atoms with Crippen LogP contribution in [-0.4, -0.2) is 42.9 Å². The van der Waals surface area contributed by atoms with Gasteiger partial charge in [0.15, 0.2) is 20.6 Å². The summed E-state index contributed by atoms with van der Waals surface area (Å²) in [6.07, 6.45) is 2.35. The molecule has 20 heavy (non-hydrogen) atoms. The summed E-state index contributed by atoms with van der Waals surface area (Å²) >= 11 is 1.54. The van der Waals surface area contributed by atoms with Gasteiger partial charge in [-0.3, -0.25) is 4.90 Å². The standard InChI is InChI=1S/C13H16N2O3S2/c1-15(11-4-6-20(16,17)9-11)7-10-8-19-13(14-10)12-3-2-5-18-12/h2-3,5,8,11H,4,6-7,9H2,1H3. The fraction of sp³-hybridized carbons (Fsp3) is 0.462. The molecule has 0 saturated carbocycles. The van der Waals surface area contributed by atoms with Gasteiger partial charge in [0.05, 0.1) is 23.5 Å². The first-order valence-electron chi connectivity index (χ1n) is 6.42. The highest BCUT2D eigenvalue weighted by molar-refractivity contribution is 7.91. The Bertz CT molecular complexity index is 676. The lowest BCUT2D eigenvalue weighted by atomic mass is 10.2. The average Bonchev–Trinajstić information content (AvgIpc) is 3.07. The van der Waals surface area contributed by atoms with E-state index in [0.717, 1.165) is 16.5 Å². The number of hydrogen-bond donors (Lipinski definition) is 0. The van der Waals surface area contributed by atoms with Crippen LogP contribution in [0.2, 0.25) is 0 Å². The predicted octanol–water partition coefficient (Wildman–Crippen LogP) is 2.02. The molecule has 1 aliphatic heterocycles. The largest absolute Gasteiger partial charge is 0.462 e. The molecule has 7 heteroatoms. The van der Waals surface area contributed by atoms with Gasteiger partial charge in [-0.25, -0.2) is 13.4 Å². The molecule has 0 aromatic carbocycles. The van der Waals surface area contributed by atoms with Crippen molar-refractivity contribution in [3.05, 3.63) is 29.5 Å². The second-order valence-corrected chi connectivity index (χ2v) is 8.18. The first-order chi connectivity index (χ1) is 9.53. The molecule has 0 N–H and O–H groups in total. The summed E-state index contributed by atoms with van der Waals surface area (Å²) in [5, 5.41) is 2.86. The van der Waals surface area contributed by atoms with Crippen molar-refractivity contribution in [2.45, 2.75) is 19.0 Å². The topological polar surface area (TPSA) is 63.4 Å². The smallest absolute Gasteiger partial charge is 0.162 e. The average molecular weight is 312 g/mol. The molecule has 3 rings (SSSR count). The van der Waals surface area contributed by atoms with Crippen molar-refractivity contribution in [2.24, 2.45) is 0 Å². The molecule has 1 fully saturated rings. The van der Waals surface area contributed by atoms with Gasteiger partial charge in [0.25, 0.3) is 0 Å². The summed E-state index contributed by atoms with van der Waals surface area (Å²) < 4.78 is 28.3. The van der Waals surface area contributed by atoms with Crippen LogP contribution in [0.3, 0.4) is 0 Å². The molecule has 5 nitrogen and oxygen atoms in total. The number of hydrogen-bond acceptors (Lipinski definition) is 6. The second kappa shape index (κ2) is 5.31. The van der Waals surface area contributed by atoms with Crippen LogP contribution in [0.5, 0.6) is 0 Å². The first kappa shape index (κ1) is 13.8. The Morgan fingerprint density at radius 2 is 2.40 bits per heavy atom. The molecular formula is C13H16N2O3S2. The number of thiazole rings is 1. The van der Waals surface area contributed by atoms with Crippen LogP contribution >= 0.6 is 11.3 Å². The fourth-order valence-corrected chi connectivity index (χ4v) is 4.98. The summed E-state index contributed by atoms with van der Waals surface area (Å²) in [5.41, 5.74) is 0.952. The van der Waals surface area contributed by atoms with Crippen LogP contribution in [-0.2, 0) is 16.4 Å². The summed E-state index contributed by atoms with van der Waals surface area (Å²) in [7, 11) is -0.882. The SMILES string of the molecule is CN(Cc1csc(-c2ccco2)n1)C1CCS(=O)(=O)C1. The van der Waals surface area contributed by atoms with Crippen molar-refractivity contribution in [1.29, 1.82) is 0 Å². The van der Waals surface area contributed by atoms with Gasteiger partial charge < -0.3 is 4.42 Å². The molecule has 1 unspecified atom stereocenters. The van der Waals surface area contributed by atoms with Crippen molar-refractivity contribution in [2.75, 3.05) is 18.6 Å². The number of aromatic nitrogens is 1. The van der Waals surface area contributed by atoms with Crippen molar-refractivity contribution in [1.82, 2.24) is 9.88 Å². The van der Waals surface area contributed by atoms with Crippen LogP contribution in [0, 0.1) is 0 Å². The van der Waals surface area contributed by atoms with Gasteiger partial charge in [-0.2, -0.15) is 0 Å². The van der Waals surface area contributed by atoms with E-state index >= 15 is 0 Å². The molecule has 2 aromatic rings. The van der Waals surface area contributed by atoms with Crippen molar-refractivity contribution >= 4 is 21.2 Å². The van der Waals surface area contributed by atoms with Crippen molar-refractivity contribution in [3.8, 4) is 10.8 Å². The Morgan fingerprint density at radius 1 is 1.55 bits per heavy atom. The Balaban J connectivity index is 1.66. The molecule has 1 atom stereocenters. The minimum absolute atomic E-state index is 0.105. The van der Waals surface area contributed by atoms with Gasteiger partial charge in [-0.1, -0.05) is 0 Å². The lowest BCUT2D eigenvalue weighted by molar-refractivity contribution is 0.251. The third kappa shape index (κ3) is 2.94. The Morgan fingerprint density at radius 3 is 3.05 bits per heavy atom. The minimum Gasteiger partial charge on any atom is -0.462 e. The highest BCUT2D eigenvalue weighted by Crippen LogP contribution is 2.25. The van der Waals surface area contributed by atoms with E-state index < -0.39 is 9.84 Å². The maximum absolute atomic E-state index is 11.5. The molecule has 3 heterocycles. The van der Waals surface area contributed by atoms with Gasteiger partial charge in [-0.15, -0.1) is 11.3 Å². The zero-order chi connectivity index (χ0) is 14.2. The van der Waals surface area contributed by atoms with Crippen molar-refractivity contribution < 1.29 is 12.8 Å². The Kier molecular flexibility index (Phi) is 3.66. The van der Waals surface area contributed by atoms with Crippen LogP contribution in [0.15, 0.2) is 28.2 Å². The summed E-state index contributed by atoms with van der Waals surface area (Å²) in [4.78, 5) is 6.61. The molecule has 0 aliphatic carbocycles. The predicted molar refractivity (Wildman–Crippen MR) is 78.3 cm³/mol. The number of sulfone groups is 1. The normalized spacial score (nSPS) is 21.6. The third-order valence-electron chi connectivity index (χ3n) is 3.53. The van der Waals surface area contributed by atoms with E-state index in [4.69, 9.17) is 4.42 Å². The van der Waals surface area contributed by atoms with Crippen molar-refractivity contribution in [3.63, 3.8) is 0 Å². The number of rotatable bonds is 4. The van der Waals surface area contributed by atoms with E-state index in [2.05, 4.69) is 9.88 Å². The lowest BCUT2D eigenvalue weighted by Gasteiger charge is -2.21. The van der Waals surface area contributed by atoms with Gasteiger partial charge in [0.1, 0.15) is 0 Å². The Hall–Kier alpha value is -1.18. The Labute approximate surface area is 122 Å². The second-order valence-electron chi connectivity index (χ2n) is 5.09. The van der Waals surface area contributed by atoms with E-state index in [0.29, 0.717) is 18.7 Å². The molecule has 0 bridgehead atoms. The maximum atomic E-state index is 11.5. The molecule has 2 aromatic heterocycles. The highest BCUT2D eigenvalue weighted by Gasteiger charge is 2.30. The van der Waals surface area contributed by atoms with E-state index in [1.54, 1.807) is 17.6 Å². The van der Waals surface area contributed by atoms with Gasteiger partial charge in [0.2, 0.25) is 0 Å². The minimum atomic E-state index is -2.84. The molecule has 0 spiro atoms. The van der Waals surface area contributed by atoms with E-state index in [9.17, 15) is 8.42 Å². The summed E-state index contributed by atoms with van der Waals surface area (Å²) in [5.74, 6) is 1.34. The van der Waals surface area contributed by atoms with Crippen LogP contribution in [0.25, 0.3) is 10.8 Å². The third-order valence-corrected chi connectivity index (χ3v) is 6.18. The fourth-order valence-electron chi connectivity index (χ4n) is 2.40. The van der Waals surface area contributed by atoms with Gasteiger partial charge in [0, 0.05) is 18.0 Å². The molecule has 0 radical (unpaired) electrons.